The van der Waals surface area contributed by atoms with E-state index >= 15 is 0 Å². The molecule has 0 spiro atoms. The van der Waals surface area contributed by atoms with E-state index in [0.29, 0.717) is 32.4 Å². The molecule has 3 rings (SSSR count). The van der Waals surface area contributed by atoms with E-state index < -0.39 is 26.3 Å². The van der Waals surface area contributed by atoms with Gasteiger partial charge in [-0.3, -0.25) is 4.79 Å². The number of likely N-dealkylation sites (tertiary alicyclic amines) is 1. The monoisotopic (exact) mass is 529 g/mol. The lowest BCUT2D eigenvalue weighted by molar-refractivity contribution is -0.133. The smallest absolute Gasteiger partial charge is 0.408 e. The fraction of sp³-hybridized carbons (Fsp3) is 0.615. The Morgan fingerprint density at radius 3 is 2.59 bits per heavy atom. The largest absolute Gasteiger partial charge is 0.465 e. The van der Waals surface area contributed by atoms with Crippen molar-refractivity contribution in [1.29, 1.82) is 5.26 Å². The summed E-state index contributed by atoms with van der Waals surface area (Å²) >= 11 is 0. The van der Waals surface area contributed by atoms with Crippen LogP contribution in [0.3, 0.4) is 0 Å². The molecule has 1 aromatic carbocycles. The predicted molar refractivity (Wildman–Crippen MR) is 142 cm³/mol. The van der Waals surface area contributed by atoms with Crippen LogP contribution < -0.4 is 10.6 Å². The van der Waals surface area contributed by atoms with Crippen molar-refractivity contribution in [3.63, 3.8) is 0 Å². The fourth-order valence-electron chi connectivity index (χ4n) is 5.14. The minimum atomic E-state index is -1.50. The van der Waals surface area contributed by atoms with Gasteiger partial charge in [0.25, 0.3) is 0 Å². The van der Waals surface area contributed by atoms with Crippen LogP contribution in [0.1, 0.15) is 31.2 Å². The van der Waals surface area contributed by atoms with Gasteiger partial charge in [-0.2, -0.15) is 5.26 Å². The van der Waals surface area contributed by atoms with Crippen LogP contribution in [0.5, 0.6) is 0 Å². The van der Waals surface area contributed by atoms with E-state index in [0.717, 1.165) is 18.0 Å². The molecular weight excluding hydrogens is 490 g/mol. The van der Waals surface area contributed by atoms with Gasteiger partial charge in [0.15, 0.2) is 0 Å². The number of carbonyl (C=O) groups excluding carboxylic acids is 2. The first-order valence-corrected chi connectivity index (χ1v) is 16.7. The van der Waals surface area contributed by atoms with Crippen molar-refractivity contribution in [2.24, 2.45) is 0 Å². The van der Waals surface area contributed by atoms with Gasteiger partial charge in [0.2, 0.25) is 5.91 Å². The Bertz CT molecular complexity index is 980. The molecule has 3 amide bonds. The molecule has 1 saturated carbocycles. The summed E-state index contributed by atoms with van der Waals surface area (Å²) in [6.07, 6.45) is 0.714. The van der Waals surface area contributed by atoms with Crippen LogP contribution >= 0.6 is 0 Å². The lowest BCUT2D eigenvalue weighted by atomic mass is 9.84. The SMILES string of the molecule is C[Si](C)(C)CCN(C(=O)O)[C@@H]1CC(NCC#N)CC[C@@H]1N1CC[C@H](NC(=O)OCc2ccccc2)C1=O. The third kappa shape index (κ3) is 8.20. The van der Waals surface area contributed by atoms with E-state index in [1.165, 1.54) is 4.90 Å². The molecule has 1 saturated heterocycles. The van der Waals surface area contributed by atoms with Gasteiger partial charge in [0.05, 0.1) is 24.7 Å². The van der Waals surface area contributed by atoms with Gasteiger partial charge in [-0.05, 0) is 37.3 Å². The summed E-state index contributed by atoms with van der Waals surface area (Å²) in [5.74, 6) is -0.203. The molecule has 10 nitrogen and oxygen atoms in total. The molecule has 0 radical (unpaired) electrons. The summed E-state index contributed by atoms with van der Waals surface area (Å²) in [7, 11) is -1.50. The molecular formula is C26H39N5O5Si. The van der Waals surface area contributed by atoms with Crippen molar-refractivity contribution in [3.8, 4) is 6.07 Å². The molecule has 11 heteroatoms. The van der Waals surface area contributed by atoms with Crippen molar-refractivity contribution in [3.05, 3.63) is 35.9 Å². The number of rotatable bonds is 10. The maximum Gasteiger partial charge on any atom is 0.408 e. The minimum absolute atomic E-state index is 0.00854. The number of nitriles is 1. The summed E-state index contributed by atoms with van der Waals surface area (Å²) in [5.41, 5.74) is 0.855. The van der Waals surface area contributed by atoms with Crippen molar-refractivity contribution in [2.45, 2.75) is 82.1 Å². The number of ether oxygens (including phenoxy) is 1. The average Bonchev–Trinajstić information content (AvgIpc) is 3.21. The normalized spacial score (nSPS) is 23.8. The number of nitrogens with one attached hydrogen (secondary N) is 2. The highest BCUT2D eigenvalue weighted by atomic mass is 28.3. The van der Waals surface area contributed by atoms with Crippen molar-refractivity contribution >= 4 is 26.2 Å². The molecule has 1 aliphatic heterocycles. The molecule has 0 bridgehead atoms. The standard InChI is InChI=1S/C26H39N5O5Si/c1-37(2,3)16-15-31(26(34)35)23-17-20(28-13-12-27)9-10-22(23)30-14-11-21(24(30)32)29-25(33)36-18-19-7-5-4-6-8-19/h4-8,20-23,28H,9-11,13-18H2,1-3H3,(H,29,33)(H,34,35)/t20?,21-,22-,23+/m0/s1. The molecule has 1 heterocycles. The van der Waals surface area contributed by atoms with Crippen LogP contribution in [-0.2, 0) is 16.1 Å². The van der Waals surface area contributed by atoms with Crippen LogP contribution in [0.25, 0.3) is 0 Å². The average molecular weight is 530 g/mol. The van der Waals surface area contributed by atoms with E-state index in [2.05, 4.69) is 36.3 Å². The van der Waals surface area contributed by atoms with Crippen molar-refractivity contribution in [2.75, 3.05) is 19.6 Å². The van der Waals surface area contributed by atoms with Crippen LogP contribution in [0, 0.1) is 11.3 Å². The molecule has 37 heavy (non-hydrogen) atoms. The van der Waals surface area contributed by atoms with Gasteiger partial charge in [-0.15, -0.1) is 0 Å². The topological polar surface area (TPSA) is 135 Å². The van der Waals surface area contributed by atoms with E-state index in [1.807, 2.05) is 30.3 Å². The summed E-state index contributed by atoms with van der Waals surface area (Å²) < 4.78 is 5.29. The number of carbonyl (C=O) groups is 3. The highest BCUT2D eigenvalue weighted by Gasteiger charge is 2.45. The Morgan fingerprint density at radius 1 is 1.22 bits per heavy atom. The molecule has 2 fully saturated rings. The zero-order valence-corrected chi connectivity index (χ0v) is 23.0. The first-order chi connectivity index (χ1) is 17.6. The molecule has 1 unspecified atom stereocenters. The zero-order valence-electron chi connectivity index (χ0n) is 22.0. The molecule has 3 N–H and O–H groups in total. The molecule has 1 aromatic rings. The maximum atomic E-state index is 13.4. The van der Waals surface area contributed by atoms with Crippen molar-refractivity contribution < 1.29 is 24.2 Å². The first-order valence-electron chi connectivity index (χ1n) is 13.0. The van der Waals surface area contributed by atoms with Gasteiger partial charge in [-0.25, -0.2) is 9.59 Å². The minimum Gasteiger partial charge on any atom is -0.465 e. The second-order valence-electron chi connectivity index (χ2n) is 11.0. The zero-order chi connectivity index (χ0) is 27.0. The highest BCUT2D eigenvalue weighted by molar-refractivity contribution is 6.76. The molecule has 2 aliphatic rings. The Labute approximate surface area is 220 Å². The number of amides is 3. The van der Waals surface area contributed by atoms with Gasteiger partial charge in [0, 0.05) is 27.2 Å². The lowest BCUT2D eigenvalue weighted by Crippen LogP contribution is -2.60. The van der Waals surface area contributed by atoms with Crippen molar-refractivity contribution in [1.82, 2.24) is 20.4 Å². The third-order valence-corrected chi connectivity index (χ3v) is 8.87. The molecule has 0 aromatic heterocycles. The number of benzene rings is 1. The quantitative estimate of drug-likeness (QED) is 0.313. The van der Waals surface area contributed by atoms with E-state index in [4.69, 9.17) is 10.00 Å². The Balaban J connectivity index is 1.68. The fourth-order valence-corrected chi connectivity index (χ4v) is 6.05. The molecule has 202 valence electrons. The Kier molecular flexibility index (Phi) is 9.94. The summed E-state index contributed by atoms with van der Waals surface area (Å²) in [6.45, 7) is 7.81. The third-order valence-electron chi connectivity index (χ3n) is 7.14. The van der Waals surface area contributed by atoms with Crippen LogP contribution in [0.15, 0.2) is 30.3 Å². The van der Waals surface area contributed by atoms with Crippen LogP contribution in [0.2, 0.25) is 25.7 Å². The number of nitrogens with zero attached hydrogens (tertiary/aromatic N) is 3. The number of hydrogen-bond acceptors (Lipinski definition) is 6. The van der Waals surface area contributed by atoms with Crippen LogP contribution in [-0.4, -0.2) is 84.9 Å². The van der Waals surface area contributed by atoms with Gasteiger partial charge in [-0.1, -0.05) is 50.0 Å². The summed E-state index contributed by atoms with van der Waals surface area (Å²) in [5, 5.41) is 25.0. The van der Waals surface area contributed by atoms with E-state index in [1.54, 1.807) is 4.90 Å². The van der Waals surface area contributed by atoms with Gasteiger partial charge >= 0.3 is 12.2 Å². The summed E-state index contributed by atoms with van der Waals surface area (Å²) in [4.78, 5) is 41.3. The van der Waals surface area contributed by atoms with Crippen LogP contribution in [0.4, 0.5) is 9.59 Å². The Morgan fingerprint density at radius 2 is 1.95 bits per heavy atom. The van der Waals surface area contributed by atoms with E-state index in [9.17, 15) is 19.5 Å². The highest BCUT2D eigenvalue weighted by Crippen LogP contribution is 2.31. The lowest BCUT2D eigenvalue weighted by Gasteiger charge is -2.45. The van der Waals surface area contributed by atoms with E-state index in [-0.39, 0.29) is 37.2 Å². The maximum absolute atomic E-state index is 13.4. The summed E-state index contributed by atoms with van der Waals surface area (Å²) in [6, 6.07) is 10.9. The number of hydrogen-bond donors (Lipinski definition) is 3. The predicted octanol–water partition coefficient (Wildman–Crippen LogP) is 3.23. The van der Waals surface area contributed by atoms with Gasteiger partial charge < -0.3 is 30.3 Å². The second-order valence-corrected chi connectivity index (χ2v) is 16.7. The molecule has 4 atom stereocenters. The Hall–Kier alpha value is -3.10. The van der Waals surface area contributed by atoms with Gasteiger partial charge in [0.1, 0.15) is 12.6 Å². The number of carboxylic acid groups (broad SMARTS) is 1. The molecule has 1 aliphatic carbocycles. The first kappa shape index (κ1) is 28.5. The number of alkyl carbamates (subject to hydrolysis) is 1. The second kappa shape index (κ2) is 12.9.